The minimum atomic E-state index is -0.104. The van der Waals surface area contributed by atoms with Gasteiger partial charge in [-0.25, -0.2) is 9.97 Å². The number of aryl methyl sites for hydroxylation is 2. The quantitative estimate of drug-likeness (QED) is 0.637. The third kappa shape index (κ3) is 3.37. The summed E-state index contributed by atoms with van der Waals surface area (Å²) in [6.07, 6.45) is 4.86. The molecule has 1 unspecified atom stereocenters. The highest BCUT2D eigenvalue weighted by Crippen LogP contribution is 2.37. The Morgan fingerprint density at radius 1 is 1.23 bits per heavy atom. The average Bonchev–Trinajstić information content (AvgIpc) is 3.46. The van der Waals surface area contributed by atoms with Gasteiger partial charge < -0.3 is 9.64 Å². The van der Waals surface area contributed by atoms with E-state index in [4.69, 9.17) is 14.7 Å². The fourth-order valence-electron chi connectivity index (χ4n) is 4.89. The van der Waals surface area contributed by atoms with Crippen molar-refractivity contribution in [2.24, 2.45) is 0 Å². The second-order valence-corrected chi connectivity index (χ2v) is 8.22. The Labute approximate surface area is 180 Å². The number of pyridine rings is 1. The number of nitriles is 1. The number of nitrogens with zero attached hydrogens (tertiary/aromatic N) is 5. The Kier molecular flexibility index (Phi) is 5.16. The lowest BCUT2D eigenvalue weighted by atomic mass is 10.1. The van der Waals surface area contributed by atoms with Gasteiger partial charge in [0.05, 0.1) is 35.7 Å². The Morgan fingerprint density at radius 2 is 2.10 bits per heavy atom. The largest absolute Gasteiger partial charge is 0.383 e. The molecule has 7 heteroatoms. The molecular weight excluding hydrogens is 390 g/mol. The molecule has 2 aliphatic rings. The highest BCUT2D eigenvalue weighted by molar-refractivity contribution is 5.77. The second-order valence-electron chi connectivity index (χ2n) is 8.22. The van der Waals surface area contributed by atoms with Crippen molar-refractivity contribution in [3.63, 3.8) is 0 Å². The van der Waals surface area contributed by atoms with Gasteiger partial charge in [0.25, 0.3) is 5.56 Å². The fraction of sp³-hybridized carbons (Fsp3) is 0.417. The molecule has 7 nitrogen and oxygen atoms in total. The molecule has 3 aromatic rings. The molecule has 0 radical (unpaired) electrons. The van der Waals surface area contributed by atoms with Crippen LogP contribution in [-0.2, 0) is 24.1 Å². The fourth-order valence-corrected chi connectivity index (χ4v) is 4.89. The van der Waals surface area contributed by atoms with Crippen LogP contribution in [0.15, 0.2) is 35.1 Å². The summed E-state index contributed by atoms with van der Waals surface area (Å²) < 4.78 is 7.02. The van der Waals surface area contributed by atoms with Gasteiger partial charge >= 0.3 is 0 Å². The first-order chi connectivity index (χ1) is 15.2. The smallest absolute Gasteiger partial charge is 0.261 e. The lowest BCUT2D eigenvalue weighted by Crippen LogP contribution is -2.34. The molecule has 0 amide bonds. The third-order valence-electron chi connectivity index (χ3n) is 6.38. The molecule has 0 spiro atoms. The van der Waals surface area contributed by atoms with E-state index >= 15 is 0 Å². The molecule has 1 fully saturated rings. The molecule has 3 heterocycles. The molecule has 2 aromatic heterocycles. The number of hydrogen-bond donors (Lipinski definition) is 0. The van der Waals surface area contributed by atoms with Crippen LogP contribution in [0.1, 0.15) is 47.9 Å². The SMILES string of the molecule is COCCn1c(C2CCCN2c2nc3c(cc2C#N)CCC3)nc2ccccc2c1=O. The van der Waals surface area contributed by atoms with Gasteiger partial charge in [0.2, 0.25) is 0 Å². The van der Waals surface area contributed by atoms with E-state index in [-0.39, 0.29) is 11.6 Å². The first kappa shape index (κ1) is 19.7. The van der Waals surface area contributed by atoms with Crippen molar-refractivity contribution < 1.29 is 4.74 Å². The summed E-state index contributed by atoms with van der Waals surface area (Å²) in [7, 11) is 1.63. The predicted molar refractivity (Wildman–Crippen MR) is 118 cm³/mol. The van der Waals surface area contributed by atoms with Crippen LogP contribution in [0.3, 0.4) is 0 Å². The number of rotatable bonds is 5. The summed E-state index contributed by atoms with van der Waals surface area (Å²) in [6.45, 7) is 1.66. The average molecular weight is 415 g/mol. The molecule has 1 aliphatic heterocycles. The minimum absolute atomic E-state index is 0.0491. The number of aromatic nitrogens is 3. The van der Waals surface area contributed by atoms with E-state index in [1.165, 1.54) is 5.56 Å². The predicted octanol–water partition coefficient (Wildman–Crippen LogP) is 3.14. The number of benzene rings is 1. The van der Waals surface area contributed by atoms with Crippen LogP contribution in [0.5, 0.6) is 0 Å². The van der Waals surface area contributed by atoms with E-state index in [1.807, 2.05) is 30.3 Å². The molecule has 0 bridgehead atoms. The maximum Gasteiger partial charge on any atom is 0.261 e. The summed E-state index contributed by atoms with van der Waals surface area (Å²) in [6, 6.07) is 11.7. The van der Waals surface area contributed by atoms with Crippen molar-refractivity contribution in [2.75, 3.05) is 25.2 Å². The van der Waals surface area contributed by atoms with Crippen LogP contribution in [-0.4, -0.2) is 34.8 Å². The van der Waals surface area contributed by atoms with E-state index in [0.29, 0.717) is 29.6 Å². The monoisotopic (exact) mass is 415 g/mol. The van der Waals surface area contributed by atoms with Crippen LogP contribution in [0.2, 0.25) is 0 Å². The molecule has 158 valence electrons. The molecule has 0 N–H and O–H groups in total. The number of para-hydroxylation sites is 1. The van der Waals surface area contributed by atoms with Crippen molar-refractivity contribution in [1.82, 2.24) is 14.5 Å². The maximum atomic E-state index is 13.3. The van der Waals surface area contributed by atoms with E-state index in [0.717, 1.165) is 56.0 Å². The molecule has 31 heavy (non-hydrogen) atoms. The maximum absolute atomic E-state index is 13.3. The van der Waals surface area contributed by atoms with Crippen molar-refractivity contribution in [1.29, 1.82) is 5.26 Å². The number of ether oxygens (including phenoxy) is 1. The summed E-state index contributed by atoms with van der Waals surface area (Å²) in [5.74, 6) is 1.45. The Bertz CT molecular complexity index is 1240. The van der Waals surface area contributed by atoms with Crippen LogP contribution >= 0.6 is 0 Å². The van der Waals surface area contributed by atoms with Crippen molar-refractivity contribution in [2.45, 2.75) is 44.7 Å². The molecular formula is C24H25N5O2. The van der Waals surface area contributed by atoms with Gasteiger partial charge in [-0.05, 0) is 55.9 Å². The third-order valence-corrected chi connectivity index (χ3v) is 6.38. The summed E-state index contributed by atoms with van der Waals surface area (Å²) in [4.78, 5) is 25.3. The Hall–Kier alpha value is -3.24. The molecule has 5 rings (SSSR count). The van der Waals surface area contributed by atoms with E-state index in [9.17, 15) is 10.1 Å². The van der Waals surface area contributed by atoms with E-state index in [1.54, 1.807) is 11.7 Å². The van der Waals surface area contributed by atoms with E-state index in [2.05, 4.69) is 11.0 Å². The van der Waals surface area contributed by atoms with Crippen molar-refractivity contribution in [3.8, 4) is 6.07 Å². The normalized spacial score (nSPS) is 17.8. The van der Waals surface area contributed by atoms with Gasteiger partial charge in [0.15, 0.2) is 0 Å². The number of fused-ring (bicyclic) bond motifs is 2. The standard InChI is InChI=1S/C24H25N5O2/c1-31-13-12-29-23(27-20-8-3-2-7-18(20)24(29)30)21-10-5-11-28(21)22-17(15-25)14-16-6-4-9-19(16)26-22/h2-3,7-8,14,21H,4-6,9-13H2,1H3. The molecule has 1 saturated heterocycles. The van der Waals surface area contributed by atoms with Gasteiger partial charge in [-0.15, -0.1) is 0 Å². The van der Waals surface area contributed by atoms with Crippen LogP contribution < -0.4 is 10.5 Å². The summed E-state index contributed by atoms with van der Waals surface area (Å²) >= 11 is 0. The van der Waals surface area contributed by atoms with Crippen LogP contribution in [0, 0.1) is 11.3 Å². The number of methoxy groups -OCH3 is 1. The topological polar surface area (TPSA) is 84.0 Å². The highest BCUT2D eigenvalue weighted by Gasteiger charge is 2.33. The number of hydrogen-bond acceptors (Lipinski definition) is 6. The Morgan fingerprint density at radius 3 is 2.94 bits per heavy atom. The first-order valence-electron chi connectivity index (χ1n) is 10.9. The van der Waals surface area contributed by atoms with Gasteiger partial charge in [-0.3, -0.25) is 9.36 Å². The lowest BCUT2D eigenvalue weighted by Gasteiger charge is -2.28. The van der Waals surface area contributed by atoms with Gasteiger partial charge in [0, 0.05) is 19.3 Å². The van der Waals surface area contributed by atoms with Gasteiger partial charge in [-0.1, -0.05) is 12.1 Å². The van der Waals surface area contributed by atoms with E-state index < -0.39 is 0 Å². The lowest BCUT2D eigenvalue weighted by molar-refractivity contribution is 0.184. The zero-order valence-electron chi connectivity index (χ0n) is 17.7. The van der Waals surface area contributed by atoms with Crippen molar-refractivity contribution >= 4 is 16.7 Å². The highest BCUT2D eigenvalue weighted by atomic mass is 16.5. The molecule has 0 saturated carbocycles. The minimum Gasteiger partial charge on any atom is -0.383 e. The second kappa shape index (κ2) is 8.12. The zero-order valence-corrected chi connectivity index (χ0v) is 17.7. The summed E-state index contributed by atoms with van der Waals surface area (Å²) in [5.41, 5.74) is 3.55. The molecule has 1 aromatic carbocycles. The van der Waals surface area contributed by atoms with Crippen LogP contribution in [0.25, 0.3) is 10.9 Å². The zero-order chi connectivity index (χ0) is 21.4. The van der Waals surface area contributed by atoms with Gasteiger partial charge in [-0.2, -0.15) is 5.26 Å². The Balaban J connectivity index is 1.65. The molecule has 1 aliphatic carbocycles. The first-order valence-corrected chi connectivity index (χ1v) is 10.9. The molecule has 1 atom stereocenters. The number of anilines is 1. The van der Waals surface area contributed by atoms with Gasteiger partial charge in [0.1, 0.15) is 17.7 Å². The van der Waals surface area contributed by atoms with Crippen molar-refractivity contribution in [3.05, 3.63) is 63.3 Å². The summed E-state index contributed by atoms with van der Waals surface area (Å²) in [5, 5.41) is 10.4. The van der Waals surface area contributed by atoms with Crippen LogP contribution in [0.4, 0.5) is 5.82 Å².